The number of amides is 1. The third kappa shape index (κ3) is 5.14. The molecule has 0 aliphatic heterocycles. The molecule has 0 aliphatic rings. The van der Waals surface area contributed by atoms with E-state index < -0.39 is 10.0 Å². The van der Waals surface area contributed by atoms with Crippen LogP contribution in [-0.4, -0.2) is 21.4 Å². The molecular formula is C25H28N2O3S. The van der Waals surface area contributed by atoms with Crippen molar-refractivity contribution in [2.45, 2.75) is 38.1 Å². The van der Waals surface area contributed by atoms with Crippen molar-refractivity contribution in [1.82, 2.24) is 5.32 Å². The number of benzene rings is 3. The van der Waals surface area contributed by atoms with Crippen LogP contribution in [0.3, 0.4) is 0 Å². The summed E-state index contributed by atoms with van der Waals surface area (Å²) >= 11 is 0. The molecule has 3 aromatic carbocycles. The van der Waals surface area contributed by atoms with Crippen molar-refractivity contribution in [2.75, 3.05) is 11.4 Å². The van der Waals surface area contributed by atoms with Gasteiger partial charge in [-0.3, -0.25) is 9.10 Å². The lowest BCUT2D eigenvalue weighted by atomic mass is 10.0. The van der Waals surface area contributed by atoms with Gasteiger partial charge in [-0.1, -0.05) is 60.5 Å². The highest BCUT2D eigenvalue weighted by atomic mass is 32.2. The van der Waals surface area contributed by atoms with Crippen LogP contribution >= 0.6 is 0 Å². The first-order chi connectivity index (χ1) is 14.7. The molecule has 0 aliphatic carbocycles. The van der Waals surface area contributed by atoms with Gasteiger partial charge in [0.25, 0.3) is 15.9 Å². The molecule has 3 rings (SSSR count). The van der Waals surface area contributed by atoms with Crippen LogP contribution in [0.5, 0.6) is 0 Å². The Labute approximate surface area is 184 Å². The van der Waals surface area contributed by atoms with E-state index in [1.165, 1.54) is 11.4 Å². The predicted molar refractivity (Wildman–Crippen MR) is 125 cm³/mol. The minimum atomic E-state index is -3.72. The number of rotatable bonds is 7. The summed E-state index contributed by atoms with van der Waals surface area (Å²) in [6, 6.07) is 21.3. The third-order valence-electron chi connectivity index (χ3n) is 5.34. The van der Waals surface area contributed by atoms with Gasteiger partial charge in [-0.25, -0.2) is 8.42 Å². The fourth-order valence-electron chi connectivity index (χ4n) is 3.31. The molecule has 1 atom stereocenters. The van der Waals surface area contributed by atoms with Crippen LogP contribution in [0.2, 0.25) is 0 Å². The summed E-state index contributed by atoms with van der Waals surface area (Å²) in [5, 5.41) is 3.05. The summed E-state index contributed by atoms with van der Waals surface area (Å²) in [5.41, 5.74) is 4.03. The Morgan fingerprint density at radius 2 is 1.52 bits per heavy atom. The number of hydrogen-bond acceptors (Lipinski definition) is 3. The highest BCUT2D eigenvalue weighted by Gasteiger charge is 2.22. The van der Waals surface area contributed by atoms with Crippen LogP contribution in [0, 0.1) is 13.8 Å². The van der Waals surface area contributed by atoms with Crippen LogP contribution in [0.1, 0.15) is 46.4 Å². The zero-order valence-electron chi connectivity index (χ0n) is 18.3. The maximum absolute atomic E-state index is 13.0. The number of carbonyl (C=O) groups excluding carboxylic acids is 1. The zero-order valence-corrected chi connectivity index (χ0v) is 19.1. The van der Waals surface area contributed by atoms with E-state index in [9.17, 15) is 13.2 Å². The second kappa shape index (κ2) is 9.35. The summed E-state index contributed by atoms with van der Waals surface area (Å²) in [5.74, 6) is -0.240. The van der Waals surface area contributed by atoms with Crippen LogP contribution in [-0.2, 0) is 10.0 Å². The fourth-order valence-corrected chi connectivity index (χ4v) is 4.50. The Balaban J connectivity index is 1.82. The van der Waals surface area contributed by atoms with E-state index in [4.69, 9.17) is 0 Å². The van der Waals surface area contributed by atoms with E-state index in [0.717, 1.165) is 23.1 Å². The van der Waals surface area contributed by atoms with Gasteiger partial charge in [0.2, 0.25) is 0 Å². The normalized spacial score (nSPS) is 12.3. The van der Waals surface area contributed by atoms with Gasteiger partial charge in [-0.05, 0) is 56.2 Å². The van der Waals surface area contributed by atoms with Crippen molar-refractivity contribution in [1.29, 1.82) is 0 Å². The largest absolute Gasteiger partial charge is 0.345 e. The Kier molecular flexibility index (Phi) is 6.81. The number of nitrogens with zero attached hydrogens (tertiary/aromatic N) is 1. The molecule has 3 aromatic rings. The van der Waals surface area contributed by atoms with Gasteiger partial charge < -0.3 is 5.32 Å². The molecule has 0 spiro atoms. The number of nitrogens with one attached hydrogen (secondary N) is 1. The molecule has 6 heteroatoms. The predicted octanol–water partition coefficient (Wildman–Crippen LogP) is 5.01. The first-order valence-corrected chi connectivity index (χ1v) is 11.7. The SMILES string of the molecule is CCC(NC(=O)c1cccc(N(C)S(=O)(=O)c2ccc(C)cc2)c1)c1ccc(C)cc1. The van der Waals surface area contributed by atoms with E-state index in [2.05, 4.69) is 5.32 Å². The summed E-state index contributed by atoms with van der Waals surface area (Å²) < 4.78 is 27.2. The highest BCUT2D eigenvalue weighted by molar-refractivity contribution is 7.92. The average molecular weight is 437 g/mol. The number of sulfonamides is 1. The second-order valence-corrected chi connectivity index (χ2v) is 9.65. The number of hydrogen-bond donors (Lipinski definition) is 1. The van der Waals surface area contributed by atoms with Gasteiger partial charge in [-0.15, -0.1) is 0 Å². The summed E-state index contributed by atoms with van der Waals surface area (Å²) in [4.78, 5) is 13.1. The van der Waals surface area contributed by atoms with Gasteiger partial charge in [0.1, 0.15) is 0 Å². The molecular weight excluding hydrogens is 408 g/mol. The first kappa shape index (κ1) is 22.6. The molecule has 31 heavy (non-hydrogen) atoms. The molecule has 0 radical (unpaired) electrons. The quantitative estimate of drug-likeness (QED) is 0.566. The Morgan fingerprint density at radius 1 is 0.935 bits per heavy atom. The van der Waals surface area contributed by atoms with Crippen LogP contribution < -0.4 is 9.62 Å². The molecule has 162 valence electrons. The highest BCUT2D eigenvalue weighted by Crippen LogP contribution is 2.24. The topological polar surface area (TPSA) is 66.5 Å². The zero-order chi connectivity index (χ0) is 22.6. The van der Waals surface area contributed by atoms with E-state index in [1.807, 2.05) is 45.0 Å². The minimum Gasteiger partial charge on any atom is -0.345 e. The number of aryl methyl sites for hydroxylation is 2. The smallest absolute Gasteiger partial charge is 0.264 e. The lowest BCUT2D eigenvalue weighted by Crippen LogP contribution is -2.29. The summed E-state index contributed by atoms with van der Waals surface area (Å²) in [7, 11) is -2.23. The number of carbonyl (C=O) groups is 1. The minimum absolute atomic E-state index is 0.120. The Bertz CT molecular complexity index is 1150. The molecule has 0 heterocycles. The van der Waals surface area contributed by atoms with Gasteiger partial charge in [0.05, 0.1) is 16.6 Å². The molecule has 0 saturated carbocycles. The molecule has 1 N–H and O–H groups in total. The van der Waals surface area contributed by atoms with Crippen molar-refractivity contribution in [3.8, 4) is 0 Å². The average Bonchev–Trinajstić information content (AvgIpc) is 2.78. The Morgan fingerprint density at radius 3 is 2.10 bits per heavy atom. The maximum Gasteiger partial charge on any atom is 0.264 e. The molecule has 5 nitrogen and oxygen atoms in total. The monoisotopic (exact) mass is 436 g/mol. The van der Waals surface area contributed by atoms with Crippen LogP contribution in [0.15, 0.2) is 77.7 Å². The molecule has 0 fully saturated rings. The van der Waals surface area contributed by atoms with Crippen molar-refractivity contribution < 1.29 is 13.2 Å². The first-order valence-electron chi connectivity index (χ1n) is 10.3. The van der Waals surface area contributed by atoms with Gasteiger partial charge >= 0.3 is 0 Å². The lowest BCUT2D eigenvalue weighted by molar-refractivity contribution is 0.0935. The van der Waals surface area contributed by atoms with Gasteiger partial charge in [0.15, 0.2) is 0 Å². The maximum atomic E-state index is 13.0. The molecule has 0 saturated heterocycles. The van der Waals surface area contributed by atoms with Crippen molar-refractivity contribution in [2.24, 2.45) is 0 Å². The molecule has 1 unspecified atom stereocenters. The lowest BCUT2D eigenvalue weighted by Gasteiger charge is -2.21. The van der Waals surface area contributed by atoms with E-state index in [0.29, 0.717) is 11.3 Å². The van der Waals surface area contributed by atoms with Crippen molar-refractivity contribution in [3.63, 3.8) is 0 Å². The standard InChI is InChI=1S/C25H28N2O3S/c1-5-24(20-13-9-18(2)10-14-20)26-25(28)21-7-6-8-22(17-21)27(4)31(29,30)23-15-11-19(3)12-16-23/h6-17,24H,5H2,1-4H3,(H,26,28). The molecule has 0 aromatic heterocycles. The van der Waals surface area contributed by atoms with Crippen molar-refractivity contribution >= 4 is 21.6 Å². The number of anilines is 1. The van der Waals surface area contributed by atoms with E-state index in [-0.39, 0.29) is 16.8 Å². The molecule has 1 amide bonds. The molecule has 0 bridgehead atoms. The van der Waals surface area contributed by atoms with E-state index >= 15 is 0 Å². The third-order valence-corrected chi connectivity index (χ3v) is 7.14. The Hall–Kier alpha value is -3.12. The fraction of sp³-hybridized carbons (Fsp3) is 0.240. The van der Waals surface area contributed by atoms with E-state index in [1.54, 1.807) is 48.5 Å². The summed E-state index contributed by atoms with van der Waals surface area (Å²) in [6.45, 7) is 5.95. The van der Waals surface area contributed by atoms with Crippen LogP contribution in [0.25, 0.3) is 0 Å². The second-order valence-electron chi connectivity index (χ2n) is 7.68. The van der Waals surface area contributed by atoms with Gasteiger partial charge in [-0.2, -0.15) is 0 Å². The van der Waals surface area contributed by atoms with Gasteiger partial charge in [0, 0.05) is 12.6 Å². The van der Waals surface area contributed by atoms with Crippen molar-refractivity contribution in [3.05, 3.63) is 95.1 Å². The van der Waals surface area contributed by atoms with Crippen LogP contribution in [0.4, 0.5) is 5.69 Å². The summed E-state index contributed by atoms with van der Waals surface area (Å²) in [6.07, 6.45) is 0.746.